The molecule has 0 saturated carbocycles. The minimum atomic E-state index is 0.0852. The summed E-state index contributed by atoms with van der Waals surface area (Å²) < 4.78 is 0. The minimum absolute atomic E-state index is 0.0852. The lowest BCUT2D eigenvalue weighted by molar-refractivity contribution is -0.126. The van der Waals surface area contributed by atoms with Crippen LogP contribution >= 0.6 is 11.3 Å². The summed E-state index contributed by atoms with van der Waals surface area (Å²) in [6, 6.07) is 10.0. The Morgan fingerprint density at radius 2 is 2.09 bits per heavy atom. The van der Waals surface area contributed by atoms with Crippen molar-refractivity contribution >= 4 is 22.8 Å². The Bertz CT molecular complexity index is 743. The molecule has 0 N–H and O–H groups in total. The molecule has 0 bridgehead atoms. The molecule has 0 radical (unpaired) electrons. The highest BCUT2D eigenvalue weighted by atomic mass is 32.1. The number of benzene rings is 1. The maximum atomic E-state index is 12.5. The van der Waals surface area contributed by atoms with E-state index in [1.807, 2.05) is 55.8 Å². The Hall–Kier alpha value is -2.20. The molecule has 4 heteroatoms. The van der Waals surface area contributed by atoms with Crippen LogP contribution in [0.3, 0.4) is 0 Å². The zero-order chi connectivity index (χ0) is 15.5. The summed E-state index contributed by atoms with van der Waals surface area (Å²) in [6.07, 6.45) is 4.74. The van der Waals surface area contributed by atoms with Crippen LogP contribution in [0.2, 0.25) is 0 Å². The standard InChI is InChI=1S/C18H18N2OS/c1-13-19-17(12-22-13)15-8-9-16(10-15)18(21)20(2)11-14-6-4-3-5-7-14/h3-8,10,12H,9,11H2,1-2H3. The zero-order valence-electron chi connectivity index (χ0n) is 12.7. The molecule has 0 unspecified atom stereocenters. The third-order valence-electron chi connectivity index (χ3n) is 3.67. The van der Waals surface area contributed by atoms with E-state index < -0.39 is 0 Å². The van der Waals surface area contributed by atoms with Crippen molar-refractivity contribution in [1.29, 1.82) is 0 Å². The van der Waals surface area contributed by atoms with Gasteiger partial charge in [-0.15, -0.1) is 11.3 Å². The monoisotopic (exact) mass is 310 g/mol. The van der Waals surface area contributed by atoms with Crippen LogP contribution < -0.4 is 0 Å². The molecule has 0 spiro atoms. The fourth-order valence-corrected chi connectivity index (χ4v) is 3.15. The first kappa shape index (κ1) is 14.7. The van der Waals surface area contributed by atoms with Crippen LogP contribution in [0.25, 0.3) is 5.57 Å². The number of aromatic nitrogens is 1. The van der Waals surface area contributed by atoms with Gasteiger partial charge in [0.15, 0.2) is 0 Å². The molecule has 0 aliphatic heterocycles. The zero-order valence-corrected chi connectivity index (χ0v) is 13.6. The van der Waals surface area contributed by atoms with Gasteiger partial charge < -0.3 is 4.90 Å². The summed E-state index contributed by atoms with van der Waals surface area (Å²) in [4.78, 5) is 18.8. The highest BCUT2D eigenvalue weighted by Gasteiger charge is 2.19. The largest absolute Gasteiger partial charge is 0.338 e. The van der Waals surface area contributed by atoms with Crippen LogP contribution in [-0.2, 0) is 11.3 Å². The summed E-state index contributed by atoms with van der Waals surface area (Å²) in [6.45, 7) is 2.62. The van der Waals surface area contributed by atoms with Gasteiger partial charge in [0, 0.05) is 24.5 Å². The van der Waals surface area contributed by atoms with Crippen LogP contribution in [0.5, 0.6) is 0 Å². The number of allylic oxidation sites excluding steroid dienone is 3. The summed E-state index contributed by atoms with van der Waals surface area (Å²) in [5.41, 5.74) is 4.00. The fraction of sp³-hybridized carbons (Fsp3) is 0.222. The summed E-state index contributed by atoms with van der Waals surface area (Å²) >= 11 is 1.63. The molecule has 0 fully saturated rings. The first-order chi connectivity index (χ1) is 10.6. The lowest BCUT2D eigenvalue weighted by Gasteiger charge is -2.17. The highest BCUT2D eigenvalue weighted by Crippen LogP contribution is 2.28. The smallest absolute Gasteiger partial charge is 0.250 e. The van der Waals surface area contributed by atoms with Crippen LogP contribution in [0.15, 0.2) is 53.4 Å². The Labute approximate surface area is 134 Å². The molecule has 1 amide bonds. The van der Waals surface area contributed by atoms with Gasteiger partial charge in [-0.2, -0.15) is 0 Å². The van der Waals surface area contributed by atoms with Gasteiger partial charge in [0.1, 0.15) is 0 Å². The van der Waals surface area contributed by atoms with Crippen LogP contribution in [-0.4, -0.2) is 22.8 Å². The topological polar surface area (TPSA) is 33.2 Å². The predicted molar refractivity (Wildman–Crippen MR) is 90.4 cm³/mol. The average Bonchev–Trinajstić information content (AvgIpc) is 3.16. The van der Waals surface area contributed by atoms with E-state index in [-0.39, 0.29) is 5.91 Å². The van der Waals surface area contributed by atoms with E-state index in [2.05, 4.69) is 11.1 Å². The van der Waals surface area contributed by atoms with Crippen molar-refractivity contribution in [2.75, 3.05) is 7.05 Å². The Kier molecular flexibility index (Phi) is 4.20. The van der Waals surface area contributed by atoms with E-state index in [0.29, 0.717) is 13.0 Å². The van der Waals surface area contributed by atoms with Crippen LogP contribution in [0.1, 0.15) is 22.7 Å². The summed E-state index contributed by atoms with van der Waals surface area (Å²) in [5.74, 6) is 0.0852. The molecule has 112 valence electrons. The van der Waals surface area contributed by atoms with Crippen LogP contribution in [0.4, 0.5) is 0 Å². The van der Waals surface area contributed by atoms with Gasteiger partial charge >= 0.3 is 0 Å². The molecule has 2 aromatic rings. The van der Waals surface area contributed by atoms with E-state index in [1.54, 1.807) is 16.2 Å². The number of rotatable bonds is 4. The molecule has 1 aliphatic carbocycles. The Morgan fingerprint density at radius 1 is 1.32 bits per heavy atom. The molecular weight excluding hydrogens is 292 g/mol. The van der Waals surface area contributed by atoms with Crippen molar-refractivity contribution in [3.8, 4) is 0 Å². The highest BCUT2D eigenvalue weighted by molar-refractivity contribution is 7.09. The normalized spacial score (nSPS) is 13.7. The average molecular weight is 310 g/mol. The van der Waals surface area contributed by atoms with Gasteiger partial charge in [-0.05, 0) is 30.6 Å². The first-order valence-electron chi connectivity index (χ1n) is 7.26. The molecule has 3 nitrogen and oxygen atoms in total. The second-order valence-electron chi connectivity index (χ2n) is 5.43. The van der Waals surface area contributed by atoms with Gasteiger partial charge in [-0.1, -0.05) is 36.4 Å². The van der Waals surface area contributed by atoms with E-state index in [0.717, 1.165) is 27.4 Å². The third-order valence-corrected chi connectivity index (χ3v) is 4.44. The summed E-state index contributed by atoms with van der Waals surface area (Å²) in [5, 5.41) is 3.09. The van der Waals surface area contributed by atoms with E-state index >= 15 is 0 Å². The maximum absolute atomic E-state index is 12.5. The van der Waals surface area contributed by atoms with Gasteiger partial charge in [0.25, 0.3) is 0 Å². The lowest BCUT2D eigenvalue weighted by atomic mass is 10.1. The number of hydrogen-bond acceptors (Lipinski definition) is 3. The molecule has 22 heavy (non-hydrogen) atoms. The van der Waals surface area contributed by atoms with Crippen LogP contribution in [0, 0.1) is 6.92 Å². The lowest BCUT2D eigenvalue weighted by Crippen LogP contribution is -2.27. The number of carbonyl (C=O) groups is 1. The minimum Gasteiger partial charge on any atom is -0.338 e. The quantitative estimate of drug-likeness (QED) is 0.860. The van der Waals surface area contributed by atoms with Gasteiger partial charge in [-0.25, -0.2) is 4.98 Å². The predicted octanol–water partition coefficient (Wildman–Crippen LogP) is 3.82. The van der Waals surface area contributed by atoms with Crippen molar-refractivity contribution in [3.05, 3.63) is 69.7 Å². The van der Waals surface area contributed by atoms with E-state index in [9.17, 15) is 4.79 Å². The first-order valence-corrected chi connectivity index (χ1v) is 8.14. The van der Waals surface area contributed by atoms with Gasteiger partial charge in [-0.3, -0.25) is 4.79 Å². The number of thiazole rings is 1. The van der Waals surface area contributed by atoms with Crippen molar-refractivity contribution in [2.24, 2.45) is 0 Å². The molecule has 0 saturated heterocycles. The number of amides is 1. The molecule has 1 aromatic heterocycles. The second kappa shape index (κ2) is 6.28. The Balaban J connectivity index is 1.68. The second-order valence-corrected chi connectivity index (χ2v) is 6.49. The van der Waals surface area contributed by atoms with Gasteiger partial charge in [0.05, 0.1) is 10.7 Å². The Morgan fingerprint density at radius 3 is 2.77 bits per heavy atom. The molecule has 1 aliphatic rings. The maximum Gasteiger partial charge on any atom is 0.250 e. The number of aryl methyl sites for hydroxylation is 1. The third kappa shape index (κ3) is 3.17. The number of likely N-dealkylation sites (N-methyl/N-ethyl adjacent to an activating group) is 1. The molecule has 0 atom stereocenters. The number of nitrogens with zero attached hydrogens (tertiary/aromatic N) is 2. The van der Waals surface area contributed by atoms with Crippen molar-refractivity contribution in [1.82, 2.24) is 9.88 Å². The number of carbonyl (C=O) groups excluding carboxylic acids is 1. The summed E-state index contributed by atoms with van der Waals surface area (Å²) in [7, 11) is 1.85. The molecule has 1 heterocycles. The van der Waals surface area contributed by atoms with Crippen molar-refractivity contribution in [2.45, 2.75) is 19.9 Å². The van der Waals surface area contributed by atoms with E-state index in [1.165, 1.54) is 0 Å². The molecule has 1 aromatic carbocycles. The fourth-order valence-electron chi connectivity index (χ4n) is 2.52. The van der Waals surface area contributed by atoms with Gasteiger partial charge in [0.2, 0.25) is 5.91 Å². The van der Waals surface area contributed by atoms with Crippen molar-refractivity contribution in [3.63, 3.8) is 0 Å². The SMILES string of the molecule is Cc1nc(C2=CCC(C(=O)N(C)Cc3ccccc3)=C2)cs1. The van der Waals surface area contributed by atoms with Crippen molar-refractivity contribution < 1.29 is 4.79 Å². The van der Waals surface area contributed by atoms with E-state index in [4.69, 9.17) is 0 Å². The molecule has 3 rings (SSSR count). The molecular formula is C18H18N2OS. The number of hydrogen-bond donors (Lipinski definition) is 0.